The summed E-state index contributed by atoms with van der Waals surface area (Å²) in [6.07, 6.45) is 2.70. The lowest BCUT2D eigenvalue weighted by atomic mass is 9.95. The standard InChI is InChI=1S/C18H31N3O6S/c1-18(2,3)27-17(26)20-13(7-10-28-4)16(25)21-8-5-12(6-9-21)15(24)19-11-14(22)23/h12-13H,5-11H2,1-4H3,(H,19,24)(H,20,26)(H,22,23). The predicted molar refractivity (Wildman–Crippen MR) is 106 cm³/mol. The highest BCUT2D eigenvalue weighted by molar-refractivity contribution is 7.98. The Labute approximate surface area is 169 Å². The van der Waals surface area contributed by atoms with E-state index in [1.54, 1.807) is 37.4 Å². The minimum absolute atomic E-state index is 0.190. The fraction of sp³-hybridized carbons (Fsp3) is 0.778. The van der Waals surface area contributed by atoms with Gasteiger partial charge in [0.1, 0.15) is 18.2 Å². The molecule has 3 amide bonds. The predicted octanol–water partition coefficient (Wildman–Crippen LogP) is 1.07. The minimum Gasteiger partial charge on any atom is -0.480 e. The maximum atomic E-state index is 12.9. The van der Waals surface area contributed by atoms with Crippen LogP contribution in [0, 0.1) is 5.92 Å². The number of carboxylic acid groups (broad SMARTS) is 1. The third-order valence-corrected chi connectivity index (χ3v) is 4.83. The van der Waals surface area contributed by atoms with Crippen molar-refractivity contribution >= 4 is 35.6 Å². The number of carbonyl (C=O) groups is 4. The van der Waals surface area contributed by atoms with Crippen LogP contribution in [0.25, 0.3) is 0 Å². The summed E-state index contributed by atoms with van der Waals surface area (Å²) in [6, 6.07) is -0.681. The molecule has 0 aromatic rings. The zero-order valence-corrected chi connectivity index (χ0v) is 17.8. The number of rotatable bonds is 8. The molecule has 1 heterocycles. The van der Waals surface area contributed by atoms with E-state index in [1.807, 2.05) is 6.26 Å². The van der Waals surface area contributed by atoms with Gasteiger partial charge in [0.2, 0.25) is 11.8 Å². The molecule has 3 N–H and O–H groups in total. The number of ether oxygens (including phenoxy) is 1. The zero-order chi connectivity index (χ0) is 21.3. The molecule has 0 aromatic carbocycles. The van der Waals surface area contributed by atoms with Crippen LogP contribution in [0.3, 0.4) is 0 Å². The smallest absolute Gasteiger partial charge is 0.408 e. The Bertz CT molecular complexity index is 570. The largest absolute Gasteiger partial charge is 0.480 e. The Morgan fingerprint density at radius 1 is 1.21 bits per heavy atom. The number of aliphatic carboxylic acids is 1. The monoisotopic (exact) mass is 417 g/mol. The number of piperidine rings is 1. The summed E-state index contributed by atoms with van der Waals surface area (Å²) in [5, 5.41) is 13.7. The Morgan fingerprint density at radius 2 is 1.82 bits per heavy atom. The van der Waals surface area contributed by atoms with Crippen molar-refractivity contribution in [2.75, 3.05) is 31.6 Å². The highest BCUT2D eigenvalue weighted by Crippen LogP contribution is 2.19. The number of hydrogen-bond acceptors (Lipinski definition) is 6. The van der Waals surface area contributed by atoms with Gasteiger partial charge in [0.15, 0.2) is 0 Å². The third kappa shape index (κ3) is 8.81. The van der Waals surface area contributed by atoms with Crippen LogP contribution in [0.1, 0.15) is 40.0 Å². The first-order valence-corrected chi connectivity index (χ1v) is 10.7. The number of hydrogen-bond donors (Lipinski definition) is 3. The van der Waals surface area contributed by atoms with E-state index >= 15 is 0 Å². The van der Waals surface area contributed by atoms with E-state index in [9.17, 15) is 19.2 Å². The lowest BCUT2D eigenvalue weighted by molar-refractivity contribution is -0.139. The number of thioether (sulfide) groups is 1. The summed E-state index contributed by atoms with van der Waals surface area (Å²) >= 11 is 1.58. The normalized spacial score (nSPS) is 16.2. The van der Waals surface area contributed by atoms with Crippen molar-refractivity contribution in [1.29, 1.82) is 0 Å². The molecule has 0 aromatic heterocycles. The number of carbonyl (C=O) groups excluding carboxylic acids is 3. The third-order valence-electron chi connectivity index (χ3n) is 4.19. The van der Waals surface area contributed by atoms with E-state index in [2.05, 4.69) is 10.6 Å². The molecular formula is C18H31N3O6S. The van der Waals surface area contributed by atoms with Crippen LogP contribution in [0.15, 0.2) is 0 Å². The summed E-state index contributed by atoms with van der Waals surface area (Å²) in [5.74, 6) is -1.19. The van der Waals surface area contributed by atoms with Gasteiger partial charge in [-0.25, -0.2) is 4.79 Å². The Kier molecular flexibility index (Phi) is 9.57. The van der Waals surface area contributed by atoms with Crippen LogP contribution >= 0.6 is 11.8 Å². The molecule has 1 unspecified atom stereocenters. The summed E-state index contributed by atoms with van der Waals surface area (Å²) in [7, 11) is 0. The molecule has 9 nitrogen and oxygen atoms in total. The molecule has 0 saturated carbocycles. The summed E-state index contributed by atoms with van der Waals surface area (Å²) in [6.45, 7) is 5.63. The van der Waals surface area contributed by atoms with Crippen molar-refractivity contribution in [3.8, 4) is 0 Å². The number of carboxylic acids is 1. The molecule has 1 atom stereocenters. The SMILES string of the molecule is CSCCC(NC(=O)OC(C)(C)C)C(=O)N1CCC(C(=O)NCC(=O)O)CC1. The lowest BCUT2D eigenvalue weighted by Gasteiger charge is -2.34. The van der Waals surface area contributed by atoms with E-state index in [0.29, 0.717) is 38.1 Å². The Hall–Kier alpha value is -1.97. The molecule has 1 aliphatic heterocycles. The van der Waals surface area contributed by atoms with Crippen LogP contribution in [0.2, 0.25) is 0 Å². The second-order valence-corrected chi connectivity index (χ2v) is 8.68. The fourth-order valence-corrected chi connectivity index (χ4v) is 3.30. The molecule has 1 rings (SSSR count). The van der Waals surface area contributed by atoms with Crippen LogP contribution in [-0.4, -0.2) is 77.2 Å². The van der Waals surface area contributed by atoms with Crippen LogP contribution in [-0.2, 0) is 19.1 Å². The minimum atomic E-state index is -1.09. The van der Waals surface area contributed by atoms with Gasteiger partial charge in [-0.1, -0.05) is 0 Å². The Morgan fingerprint density at radius 3 is 2.32 bits per heavy atom. The first kappa shape index (κ1) is 24.1. The van der Waals surface area contributed by atoms with E-state index in [0.717, 1.165) is 0 Å². The van der Waals surface area contributed by atoms with Gasteiger partial charge in [0.05, 0.1) is 0 Å². The first-order valence-electron chi connectivity index (χ1n) is 9.30. The van der Waals surface area contributed by atoms with Crippen LogP contribution in [0.4, 0.5) is 4.79 Å². The molecule has 0 bridgehead atoms. The van der Waals surface area contributed by atoms with Crippen LogP contribution in [0.5, 0.6) is 0 Å². The summed E-state index contributed by atoms with van der Waals surface area (Å²) < 4.78 is 5.25. The van der Waals surface area contributed by atoms with E-state index in [4.69, 9.17) is 9.84 Å². The molecule has 1 saturated heterocycles. The second kappa shape index (κ2) is 11.1. The average Bonchev–Trinajstić information content (AvgIpc) is 2.61. The zero-order valence-electron chi connectivity index (χ0n) is 16.9. The number of nitrogens with one attached hydrogen (secondary N) is 2. The molecule has 28 heavy (non-hydrogen) atoms. The van der Waals surface area contributed by atoms with E-state index in [1.165, 1.54) is 0 Å². The molecule has 0 radical (unpaired) electrons. The molecule has 160 valence electrons. The van der Waals surface area contributed by atoms with Gasteiger partial charge < -0.3 is 25.4 Å². The van der Waals surface area contributed by atoms with Gasteiger partial charge in [-0.15, -0.1) is 0 Å². The van der Waals surface area contributed by atoms with Crippen molar-refractivity contribution in [2.24, 2.45) is 5.92 Å². The first-order chi connectivity index (χ1) is 13.0. The lowest BCUT2D eigenvalue weighted by Crippen LogP contribution is -2.52. The van der Waals surface area contributed by atoms with Crippen molar-refractivity contribution in [2.45, 2.75) is 51.7 Å². The van der Waals surface area contributed by atoms with Gasteiger partial charge in [-0.3, -0.25) is 14.4 Å². The average molecular weight is 418 g/mol. The highest BCUT2D eigenvalue weighted by atomic mass is 32.2. The molecular weight excluding hydrogens is 386 g/mol. The number of likely N-dealkylation sites (tertiary alicyclic amines) is 1. The second-order valence-electron chi connectivity index (χ2n) is 7.69. The highest BCUT2D eigenvalue weighted by Gasteiger charge is 2.32. The van der Waals surface area contributed by atoms with Gasteiger partial charge >= 0.3 is 12.1 Å². The summed E-state index contributed by atoms with van der Waals surface area (Å²) in [5.41, 5.74) is -0.654. The molecule has 1 aliphatic rings. The molecule has 0 spiro atoms. The Balaban J connectivity index is 2.61. The van der Waals surface area contributed by atoms with E-state index in [-0.39, 0.29) is 17.7 Å². The summed E-state index contributed by atoms with van der Waals surface area (Å²) in [4.78, 5) is 49.1. The molecule has 10 heteroatoms. The molecule has 0 aliphatic carbocycles. The van der Waals surface area contributed by atoms with Crippen molar-refractivity contribution < 1.29 is 29.0 Å². The topological polar surface area (TPSA) is 125 Å². The van der Waals surface area contributed by atoms with Crippen molar-refractivity contribution in [1.82, 2.24) is 15.5 Å². The number of amides is 3. The van der Waals surface area contributed by atoms with Crippen molar-refractivity contribution in [3.63, 3.8) is 0 Å². The van der Waals surface area contributed by atoms with Gasteiger partial charge in [-0.05, 0) is 52.0 Å². The quantitative estimate of drug-likeness (QED) is 0.539. The maximum absolute atomic E-state index is 12.9. The fourth-order valence-electron chi connectivity index (χ4n) is 2.83. The van der Waals surface area contributed by atoms with Gasteiger partial charge in [0.25, 0.3) is 0 Å². The molecule has 1 fully saturated rings. The maximum Gasteiger partial charge on any atom is 0.408 e. The van der Waals surface area contributed by atoms with Crippen molar-refractivity contribution in [3.05, 3.63) is 0 Å². The van der Waals surface area contributed by atoms with E-state index < -0.39 is 30.3 Å². The number of alkyl carbamates (subject to hydrolysis) is 1. The van der Waals surface area contributed by atoms with Gasteiger partial charge in [-0.2, -0.15) is 11.8 Å². The van der Waals surface area contributed by atoms with Crippen LogP contribution < -0.4 is 10.6 Å². The van der Waals surface area contributed by atoms with Gasteiger partial charge in [0, 0.05) is 19.0 Å². The number of nitrogens with zero attached hydrogens (tertiary/aromatic N) is 1.